The molecule has 1 heterocycles. The van der Waals surface area contributed by atoms with Gasteiger partial charge in [-0.25, -0.2) is 0 Å². The Morgan fingerprint density at radius 2 is 2.36 bits per heavy atom. The van der Waals surface area contributed by atoms with Gasteiger partial charge in [-0.05, 0) is 0 Å². The predicted molar refractivity (Wildman–Crippen MR) is 49.0 cm³/mol. The van der Waals surface area contributed by atoms with Crippen LogP contribution in [0.25, 0.3) is 0 Å². The van der Waals surface area contributed by atoms with Gasteiger partial charge in [-0.1, -0.05) is 0 Å². The predicted octanol–water partition coefficient (Wildman–Crippen LogP) is 0.222. The molecule has 0 radical (unpaired) electrons. The minimum atomic E-state index is -0.130. The fourth-order valence-corrected chi connectivity index (χ4v) is 2.64. The van der Waals surface area contributed by atoms with E-state index in [4.69, 9.17) is 10.5 Å². The zero-order chi connectivity index (χ0) is 8.48. The van der Waals surface area contributed by atoms with Crippen LogP contribution < -0.4 is 5.73 Å². The molecule has 0 saturated carbocycles. The Labute approximate surface area is 74.4 Å². The normalized spacial score (nSPS) is 45.0. The molecule has 2 N–H and O–H groups in total. The summed E-state index contributed by atoms with van der Waals surface area (Å²) in [7, 11) is 0. The van der Waals surface area contributed by atoms with Crippen LogP contribution in [0.2, 0.25) is 0 Å². The van der Waals surface area contributed by atoms with E-state index in [1.807, 2.05) is 0 Å². The molecule has 11 heavy (non-hydrogen) atoms. The van der Waals surface area contributed by atoms with Crippen molar-refractivity contribution in [3.63, 3.8) is 0 Å². The molecule has 1 rings (SSSR count). The molecule has 1 fully saturated rings. The van der Waals surface area contributed by atoms with Gasteiger partial charge in [-0.3, -0.25) is 0 Å². The topological polar surface area (TPSA) is 35.2 Å². The second kappa shape index (κ2) is 3.37. The monoisotopic (exact) mass is 169 g/mol. The summed E-state index contributed by atoms with van der Waals surface area (Å²) in [5.41, 5.74) is 5.95. The molecule has 1 aliphatic rings. The molecule has 1 unspecified atom stereocenters. The second-order valence-electron chi connectivity index (χ2n) is 3.80. The third-order valence-corrected chi connectivity index (χ3v) is 3.59. The van der Waals surface area contributed by atoms with Crippen LogP contribution in [0.3, 0.4) is 0 Å². The third-order valence-electron chi connectivity index (χ3n) is 2.21. The number of ether oxygens (including phenoxy) is 1. The van der Waals surface area contributed by atoms with Crippen molar-refractivity contribution in [2.24, 2.45) is 11.7 Å². The summed E-state index contributed by atoms with van der Waals surface area (Å²) < 4.78 is 5.60. The van der Waals surface area contributed by atoms with E-state index in [1.54, 1.807) is 0 Å². The van der Waals surface area contributed by atoms with Crippen LogP contribution in [-0.2, 0) is 4.74 Å². The van der Waals surface area contributed by atoms with E-state index in [9.17, 15) is 0 Å². The Bertz CT molecular complexity index is 158. The molecule has 0 aromatic rings. The minimum absolute atomic E-state index is 0.0975. The molecule has 3 heteroatoms. The zero-order valence-corrected chi connectivity index (χ0v) is 8.49. The van der Waals surface area contributed by atoms with Crippen LogP contribution >= 0.6 is 0 Å². The van der Waals surface area contributed by atoms with Gasteiger partial charge in [0.2, 0.25) is 0 Å². The molecular weight excluding hydrogens is 153 g/mol. The van der Waals surface area contributed by atoms with Crippen LogP contribution in [0.5, 0.6) is 0 Å². The van der Waals surface area contributed by atoms with Crippen molar-refractivity contribution in [1.29, 1.82) is 0 Å². The summed E-state index contributed by atoms with van der Waals surface area (Å²) in [6, 6.07) is 0. The molecule has 0 aromatic carbocycles. The molecule has 0 spiro atoms. The summed E-state index contributed by atoms with van der Waals surface area (Å²) in [6.45, 7) is 5.12. The molecule has 0 aromatic heterocycles. The SMILES string of the molecule is [CH2]=[Al][CH]1OC[C@H](C)C[C@]1(C)N. The molecule has 1 saturated heterocycles. The summed E-state index contributed by atoms with van der Waals surface area (Å²) >= 11 is 0.0975. The fourth-order valence-electron chi connectivity index (χ4n) is 1.72. The molecule has 0 aliphatic carbocycles. The van der Waals surface area contributed by atoms with Crippen molar-refractivity contribution < 1.29 is 4.74 Å². The van der Waals surface area contributed by atoms with E-state index < -0.39 is 0 Å². The first kappa shape index (κ1) is 9.41. The summed E-state index contributed by atoms with van der Waals surface area (Å²) in [5, 5.41) is 3.91. The van der Waals surface area contributed by atoms with Crippen LogP contribution in [0.15, 0.2) is 0 Å². The molecular formula is C8H16AlNO. The quantitative estimate of drug-likeness (QED) is 0.570. The van der Waals surface area contributed by atoms with Gasteiger partial charge in [0, 0.05) is 0 Å². The second-order valence-corrected chi connectivity index (χ2v) is 4.88. The summed E-state index contributed by atoms with van der Waals surface area (Å²) in [5.74, 6) is 0.604. The van der Waals surface area contributed by atoms with Gasteiger partial charge in [-0.2, -0.15) is 0 Å². The summed E-state index contributed by atoms with van der Waals surface area (Å²) in [6.07, 6.45) is 1.07. The molecule has 2 nitrogen and oxygen atoms in total. The zero-order valence-electron chi connectivity index (χ0n) is 7.34. The summed E-state index contributed by atoms with van der Waals surface area (Å²) in [4.78, 5) is 0.235. The standard InChI is InChI=1S/C7H14NO.CH2.Al/c1-6-3-7(2,8)5-9-4-6;;/h5-6H,3-4,8H2,1-2H3;1H2;/t6-,7+;;/m1../s1. The van der Waals surface area contributed by atoms with Gasteiger partial charge in [0.1, 0.15) is 0 Å². The van der Waals surface area contributed by atoms with Gasteiger partial charge in [0.25, 0.3) is 0 Å². The Hall–Kier alpha value is 0.322. The van der Waals surface area contributed by atoms with Crippen molar-refractivity contribution in [2.75, 3.05) is 6.61 Å². The number of nitrogens with two attached hydrogens (primary N) is 1. The van der Waals surface area contributed by atoms with E-state index in [2.05, 4.69) is 19.2 Å². The Morgan fingerprint density at radius 1 is 1.73 bits per heavy atom. The van der Waals surface area contributed by atoms with Crippen molar-refractivity contribution in [2.45, 2.75) is 30.8 Å². The average molecular weight is 169 g/mol. The molecule has 1 aliphatic heterocycles. The van der Waals surface area contributed by atoms with Crippen LogP contribution in [0.1, 0.15) is 20.3 Å². The Kier molecular flexibility index (Phi) is 2.88. The first-order valence-electron chi connectivity index (χ1n) is 4.09. The number of hydrogen-bond donors (Lipinski definition) is 1. The molecule has 0 bridgehead atoms. The van der Waals surface area contributed by atoms with Crippen molar-refractivity contribution in [3.8, 4) is 0 Å². The van der Waals surface area contributed by atoms with Crippen molar-refractivity contribution >= 4 is 20.2 Å². The number of rotatable bonds is 1. The first-order chi connectivity index (χ1) is 5.06. The third kappa shape index (κ3) is 2.13. The van der Waals surface area contributed by atoms with E-state index in [1.165, 1.54) is 0 Å². The van der Waals surface area contributed by atoms with Crippen LogP contribution in [-0.4, -0.2) is 37.3 Å². The van der Waals surface area contributed by atoms with E-state index in [0.717, 1.165) is 13.0 Å². The Balaban J connectivity index is 2.63. The van der Waals surface area contributed by atoms with E-state index in [0.29, 0.717) is 5.92 Å². The molecule has 0 amide bonds. The van der Waals surface area contributed by atoms with Gasteiger partial charge in [0.05, 0.1) is 0 Å². The van der Waals surface area contributed by atoms with E-state index >= 15 is 0 Å². The maximum atomic E-state index is 6.08. The molecule has 3 atom stereocenters. The van der Waals surface area contributed by atoms with Crippen molar-refractivity contribution in [3.05, 3.63) is 0 Å². The average Bonchev–Trinajstić information content (AvgIpc) is 1.85. The van der Waals surface area contributed by atoms with Gasteiger partial charge in [-0.15, -0.1) is 0 Å². The first-order valence-corrected chi connectivity index (χ1v) is 5.57. The maximum absolute atomic E-state index is 6.08. The Morgan fingerprint density at radius 3 is 2.82 bits per heavy atom. The van der Waals surface area contributed by atoms with E-state index in [-0.39, 0.29) is 25.3 Å². The number of hydrogen-bond acceptors (Lipinski definition) is 2. The molecule has 62 valence electrons. The van der Waals surface area contributed by atoms with Crippen LogP contribution in [0.4, 0.5) is 0 Å². The van der Waals surface area contributed by atoms with Gasteiger partial charge >= 0.3 is 73.9 Å². The van der Waals surface area contributed by atoms with Crippen LogP contribution in [0, 0.1) is 5.92 Å². The van der Waals surface area contributed by atoms with Gasteiger partial charge < -0.3 is 0 Å². The van der Waals surface area contributed by atoms with Crippen molar-refractivity contribution in [1.82, 2.24) is 0 Å². The van der Waals surface area contributed by atoms with Gasteiger partial charge in [0.15, 0.2) is 0 Å². The fraction of sp³-hybridized carbons (Fsp3) is 0.875.